The van der Waals surface area contributed by atoms with Crippen molar-refractivity contribution in [2.75, 3.05) is 26.3 Å². The van der Waals surface area contributed by atoms with Crippen molar-refractivity contribution >= 4 is 0 Å². The smallest absolute Gasteiger partial charge is 0.261 e. The van der Waals surface area contributed by atoms with Gasteiger partial charge in [0.1, 0.15) is 11.9 Å². The molecule has 1 atom stereocenters. The number of benzene rings is 1. The van der Waals surface area contributed by atoms with Gasteiger partial charge in [-0.2, -0.15) is 4.98 Å². The summed E-state index contributed by atoms with van der Waals surface area (Å²) >= 11 is 0. The zero-order valence-corrected chi connectivity index (χ0v) is 17.1. The van der Waals surface area contributed by atoms with Crippen molar-refractivity contribution in [3.63, 3.8) is 0 Å². The highest BCUT2D eigenvalue weighted by Gasteiger charge is 2.31. The lowest BCUT2D eigenvalue weighted by Gasteiger charge is -2.30. The van der Waals surface area contributed by atoms with Crippen LogP contribution in [-0.2, 0) is 4.74 Å². The Bertz CT molecular complexity index is 796. The number of nitrogens with zero attached hydrogens (tertiary/aromatic N) is 3. The van der Waals surface area contributed by atoms with Crippen molar-refractivity contribution in [1.82, 2.24) is 15.0 Å². The molecule has 156 valence electrons. The average Bonchev–Trinajstić information content (AvgIpc) is 3.46. The molecule has 6 heteroatoms. The number of aromatic nitrogens is 2. The van der Waals surface area contributed by atoms with Crippen molar-refractivity contribution in [2.45, 2.75) is 69.4 Å². The minimum absolute atomic E-state index is 0.232. The Morgan fingerprint density at radius 3 is 2.66 bits per heavy atom. The standard InChI is InChI=1S/C23H31N3O3/c1-2-6-18(7-3-1)26-13-10-19(16-26)28-21-9-5-4-8-20(21)23-24-22(25-29-23)17-11-14-27-15-12-17/h4-5,8-9,17-19H,1-3,6-7,10-16H2. The van der Waals surface area contributed by atoms with E-state index in [0.29, 0.717) is 11.8 Å². The molecule has 0 radical (unpaired) electrons. The van der Waals surface area contributed by atoms with Gasteiger partial charge in [0, 0.05) is 38.3 Å². The number of rotatable bonds is 5. The normalized spacial score (nSPS) is 24.8. The van der Waals surface area contributed by atoms with E-state index in [4.69, 9.17) is 19.0 Å². The van der Waals surface area contributed by atoms with E-state index in [2.05, 4.69) is 10.1 Å². The second-order valence-electron chi connectivity index (χ2n) is 8.66. The maximum absolute atomic E-state index is 6.45. The third-order valence-electron chi connectivity index (χ3n) is 6.71. The van der Waals surface area contributed by atoms with Crippen molar-refractivity contribution in [1.29, 1.82) is 0 Å². The molecule has 1 saturated carbocycles. The third-order valence-corrected chi connectivity index (χ3v) is 6.71. The van der Waals surface area contributed by atoms with Gasteiger partial charge in [0.15, 0.2) is 5.82 Å². The van der Waals surface area contributed by atoms with Crippen LogP contribution in [0.4, 0.5) is 0 Å². The highest BCUT2D eigenvalue weighted by Crippen LogP contribution is 2.34. The van der Waals surface area contributed by atoms with E-state index in [1.54, 1.807) is 0 Å². The molecule has 2 saturated heterocycles. The van der Waals surface area contributed by atoms with Crippen molar-refractivity contribution < 1.29 is 14.0 Å². The molecule has 0 bridgehead atoms. The van der Waals surface area contributed by atoms with E-state index in [-0.39, 0.29) is 6.10 Å². The Labute approximate surface area is 172 Å². The second kappa shape index (κ2) is 8.84. The molecule has 2 aromatic rings. The summed E-state index contributed by atoms with van der Waals surface area (Å²) < 4.78 is 17.5. The zero-order chi connectivity index (χ0) is 19.5. The van der Waals surface area contributed by atoms with E-state index in [9.17, 15) is 0 Å². The summed E-state index contributed by atoms with van der Waals surface area (Å²) in [5.74, 6) is 2.53. The molecule has 3 aliphatic rings. The van der Waals surface area contributed by atoms with Crippen LogP contribution >= 0.6 is 0 Å². The monoisotopic (exact) mass is 397 g/mol. The van der Waals surface area contributed by atoms with Crippen LogP contribution in [-0.4, -0.2) is 53.5 Å². The van der Waals surface area contributed by atoms with Gasteiger partial charge in [0.25, 0.3) is 5.89 Å². The molecule has 1 aromatic heterocycles. The summed E-state index contributed by atoms with van der Waals surface area (Å²) in [5.41, 5.74) is 0.898. The highest BCUT2D eigenvalue weighted by molar-refractivity contribution is 5.62. The lowest BCUT2D eigenvalue weighted by molar-refractivity contribution is 0.0830. The molecule has 29 heavy (non-hydrogen) atoms. The molecule has 1 aliphatic carbocycles. The van der Waals surface area contributed by atoms with E-state index in [0.717, 1.165) is 68.7 Å². The molecule has 5 rings (SSSR count). The Hall–Kier alpha value is -1.92. The summed E-state index contributed by atoms with van der Waals surface area (Å²) in [6.07, 6.45) is 10.1. The molecule has 3 heterocycles. The summed E-state index contributed by atoms with van der Waals surface area (Å²) in [5, 5.41) is 4.26. The van der Waals surface area contributed by atoms with Crippen LogP contribution in [0.1, 0.15) is 63.1 Å². The minimum Gasteiger partial charge on any atom is -0.488 e. The van der Waals surface area contributed by atoms with Crippen LogP contribution < -0.4 is 4.74 Å². The predicted octanol–water partition coefficient (Wildman–Crippen LogP) is 4.42. The second-order valence-corrected chi connectivity index (χ2v) is 8.66. The molecule has 0 spiro atoms. The maximum atomic E-state index is 6.45. The molecular weight excluding hydrogens is 366 g/mol. The fourth-order valence-corrected chi connectivity index (χ4v) is 5.02. The van der Waals surface area contributed by atoms with Gasteiger partial charge in [-0.3, -0.25) is 4.90 Å². The molecule has 6 nitrogen and oxygen atoms in total. The molecule has 2 aliphatic heterocycles. The predicted molar refractivity (Wildman–Crippen MR) is 110 cm³/mol. The first-order chi connectivity index (χ1) is 14.4. The minimum atomic E-state index is 0.232. The van der Waals surface area contributed by atoms with Crippen molar-refractivity contribution in [3.05, 3.63) is 30.1 Å². The van der Waals surface area contributed by atoms with Gasteiger partial charge in [-0.1, -0.05) is 36.6 Å². The number of ether oxygens (including phenoxy) is 2. The molecule has 1 aromatic carbocycles. The topological polar surface area (TPSA) is 60.6 Å². The van der Waals surface area contributed by atoms with Gasteiger partial charge < -0.3 is 14.0 Å². The molecular formula is C23H31N3O3. The zero-order valence-electron chi connectivity index (χ0n) is 17.1. The van der Waals surface area contributed by atoms with Gasteiger partial charge in [0.05, 0.1) is 5.56 Å². The fraction of sp³-hybridized carbons (Fsp3) is 0.652. The number of likely N-dealkylation sites (tertiary alicyclic amines) is 1. The van der Waals surface area contributed by atoms with Gasteiger partial charge >= 0.3 is 0 Å². The first-order valence-corrected chi connectivity index (χ1v) is 11.3. The summed E-state index contributed by atoms with van der Waals surface area (Å²) in [4.78, 5) is 7.35. The summed E-state index contributed by atoms with van der Waals surface area (Å²) in [7, 11) is 0. The maximum Gasteiger partial charge on any atom is 0.261 e. The molecule has 0 amide bonds. The van der Waals surface area contributed by atoms with E-state index in [1.165, 1.54) is 32.1 Å². The van der Waals surface area contributed by atoms with E-state index < -0.39 is 0 Å². The molecule has 0 N–H and O–H groups in total. The number of hydrogen-bond donors (Lipinski definition) is 0. The number of para-hydroxylation sites is 1. The third kappa shape index (κ3) is 4.33. The van der Waals surface area contributed by atoms with Crippen LogP contribution in [0.5, 0.6) is 5.75 Å². The van der Waals surface area contributed by atoms with Crippen LogP contribution in [0.3, 0.4) is 0 Å². The molecule has 1 unspecified atom stereocenters. The quantitative estimate of drug-likeness (QED) is 0.744. The van der Waals surface area contributed by atoms with Crippen molar-refractivity contribution in [2.24, 2.45) is 0 Å². The number of hydrogen-bond acceptors (Lipinski definition) is 6. The Balaban J connectivity index is 1.27. The van der Waals surface area contributed by atoms with Crippen molar-refractivity contribution in [3.8, 4) is 17.2 Å². The average molecular weight is 398 g/mol. The highest BCUT2D eigenvalue weighted by atomic mass is 16.5. The van der Waals surface area contributed by atoms with E-state index in [1.807, 2.05) is 24.3 Å². The van der Waals surface area contributed by atoms with Crippen LogP contribution in [0.25, 0.3) is 11.5 Å². The van der Waals surface area contributed by atoms with Crippen LogP contribution in [0.2, 0.25) is 0 Å². The lowest BCUT2D eigenvalue weighted by Crippen LogP contribution is -2.36. The van der Waals surface area contributed by atoms with Gasteiger partial charge in [-0.05, 0) is 44.2 Å². The fourth-order valence-electron chi connectivity index (χ4n) is 5.02. The van der Waals surface area contributed by atoms with E-state index >= 15 is 0 Å². The Morgan fingerprint density at radius 1 is 0.966 bits per heavy atom. The summed E-state index contributed by atoms with van der Waals surface area (Å²) in [6.45, 7) is 3.71. The van der Waals surface area contributed by atoms with Gasteiger partial charge in [-0.25, -0.2) is 0 Å². The Morgan fingerprint density at radius 2 is 1.79 bits per heavy atom. The van der Waals surface area contributed by atoms with Gasteiger partial charge in [-0.15, -0.1) is 0 Å². The first kappa shape index (κ1) is 19.1. The largest absolute Gasteiger partial charge is 0.488 e. The van der Waals surface area contributed by atoms with Gasteiger partial charge in [0.2, 0.25) is 0 Å². The van der Waals surface area contributed by atoms with Crippen LogP contribution in [0.15, 0.2) is 28.8 Å². The Kier molecular flexibility index (Phi) is 5.81. The van der Waals surface area contributed by atoms with Crippen LogP contribution in [0, 0.1) is 0 Å². The lowest BCUT2D eigenvalue weighted by atomic mass is 9.94. The summed E-state index contributed by atoms with van der Waals surface area (Å²) in [6, 6.07) is 8.82. The SMILES string of the molecule is c1ccc(-c2nc(C3CCOCC3)no2)c(OC2CCN(C3CCCCC3)C2)c1. The first-order valence-electron chi connectivity index (χ1n) is 11.3. The molecule has 3 fully saturated rings.